The second-order valence-electron chi connectivity index (χ2n) is 5.33. The Hall–Kier alpha value is -2.02. The third-order valence-corrected chi connectivity index (χ3v) is 3.74. The molecule has 1 aliphatic rings. The molecule has 1 atom stereocenters. The molecule has 0 saturated carbocycles. The highest BCUT2D eigenvalue weighted by Crippen LogP contribution is 2.23. The van der Waals surface area contributed by atoms with Crippen molar-refractivity contribution in [2.24, 2.45) is 11.7 Å². The predicted molar refractivity (Wildman–Crippen MR) is 75.7 cm³/mol. The van der Waals surface area contributed by atoms with Crippen LogP contribution in [0.25, 0.3) is 11.4 Å². The second-order valence-corrected chi connectivity index (χ2v) is 5.33. The highest BCUT2D eigenvalue weighted by molar-refractivity contribution is 5.56. The fourth-order valence-electron chi connectivity index (χ4n) is 2.65. The zero-order chi connectivity index (χ0) is 14.8. The zero-order valence-electron chi connectivity index (χ0n) is 11.5. The Labute approximate surface area is 121 Å². The highest BCUT2D eigenvalue weighted by atomic mass is 19.1. The summed E-state index contributed by atoms with van der Waals surface area (Å²) >= 11 is 0. The van der Waals surface area contributed by atoms with E-state index in [0.29, 0.717) is 29.8 Å². The van der Waals surface area contributed by atoms with Crippen molar-refractivity contribution >= 4 is 5.95 Å². The Kier molecular flexibility index (Phi) is 3.83. The van der Waals surface area contributed by atoms with Crippen LogP contribution in [-0.4, -0.2) is 34.8 Å². The smallest absolute Gasteiger partial charge is 0.245 e. The summed E-state index contributed by atoms with van der Waals surface area (Å²) in [6, 6.07) is 3.29. The van der Waals surface area contributed by atoms with E-state index in [9.17, 15) is 8.78 Å². The number of nitrogens with two attached hydrogens (primary N) is 1. The predicted octanol–water partition coefficient (Wildman–Crippen LogP) is 1.93. The van der Waals surface area contributed by atoms with Crippen molar-refractivity contribution < 1.29 is 8.78 Å². The minimum Gasteiger partial charge on any atom is -0.339 e. The molecule has 0 aliphatic carbocycles. The van der Waals surface area contributed by atoms with Gasteiger partial charge < -0.3 is 10.6 Å². The maximum absolute atomic E-state index is 13.2. The molecule has 1 aromatic heterocycles. The highest BCUT2D eigenvalue weighted by Gasteiger charge is 2.22. The topological polar surface area (TPSA) is 70.8 Å². The van der Waals surface area contributed by atoms with Gasteiger partial charge in [-0.05, 0) is 37.4 Å². The molecule has 3 N–H and O–H groups in total. The van der Waals surface area contributed by atoms with Gasteiger partial charge in [0.15, 0.2) is 5.82 Å². The van der Waals surface area contributed by atoms with Crippen molar-refractivity contribution in [3.8, 4) is 11.4 Å². The SMILES string of the molecule is NCC1CCCN(c2n[nH]c(-c3cc(F)cc(F)c3)n2)C1. The normalized spacial score (nSPS) is 19.0. The van der Waals surface area contributed by atoms with Gasteiger partial charge >= 0.3 is 0 Å². The first-order valence-electron chi connectivity index (χ1n) is 6.99. The number of halogens is 2. The summed E-state index contributed by atoms with van der Waals surface area (Å²) in [5.41, 5.74) is 6.06. The van der Waals surface area contributed by atoms with Crippen LogP contribution in [0.2, 0.25) is 0 Å². The first kappa shape index (κ1) is 13.9. The maximum Gasteiger partial charge on any atom is 0.245 e. The van der Waals surface area contributed by atoms with E-state index >= 15 is 0 Å². The number of nitrogens with one attached hydrogen (secondary N) is 1. The van der Waals surface area contributed by atoms with Crippen LogP contribution >= 0.6 is 0 Å². The van der Waals surface area contributed by atoms with E-state index in [1.165, 1.54) is 12.1 Å². The van der Waals surface area contributed by atoms with Gasteiger partial charge in [0.1, 0.15) is 11.6 Å². The lowest BCUT2D eigenvalue weighted by molar-refractivity contribution is 0.420. The molecule has 0 spiro atoms. The summed E-state index contributed by atoms with van der Waals surface area (Å²) in [6.45, 7) is 2.32. The Morgan fingerprint density at radius 2 is 2.05 bits per heavy atom. The minimum atomic E-state index is -0.635. The summed E-state index contributed by atoms with van der Waals surface area (Å²) in [5, 5.41) is 6.89. The van der Waals surface area contributed by atoms with Crippen molar-refractivity contribution in [2.75, 3.05) is 24.5 Å². The van der Waals surface area contributed by atoms with Crippen molar-refractivity contribution in [2.45, 2.75) is 12.8 Å². The molecular formula is C14H17F2N5. The lowest BCUT2D eigenvalue weighted by atomic mass is 9.99. The van der Waals surface area contributed by atoms with Crippen molar-refractivity contribution in [1.82, 2.24) is 15.2 Å². The summed E-state index contributed by atoms with van der Waals surface area (Å²) in [5.74, 6) is 0.0756. The number of nitrogens with zero attached hydrogens (tertiary/aromatic N) is 3. The standard InChI is InChI=1S/C14H17F2N5/c15-11-4-10(5-12(16)6-11)13-18-14(20-19-13)21-3-1-2-9(7-17)8-21/h4-6,9H,1-3,7-8,17H2,(H,18,19,20). The Morgan fingerprint density at radius 1 is 1.29 bits per heavy atom. The molecular weight excluding hydrogens is 276 g/mol. The van der Waals surface area contributed by atoms with E-state index in [0.717, 1.165) is 32.0 Å². The van der Waals surface area contributed by atoms with E-state index in [1.54, 1.807) is 0 Å². The second kappa shape index (κ2) is 5.77. The van der Waals surface area contributed by atoms with Crippen LogP contribution in [0, 0.1) is 17.6 Å². The number of hydrogen-bond acceptors (Lipinski definition) is 4. The quantitative estimate of drug-likeness (QED) is 0.907. The van der Waals surface area contributed by atoms with Gasteiger partial charge in [0, 0.05) is 24.7 Å². The third-order valence-electron chi connectivity index (χ3n) is 3.74. The van der Waals surface area contributed by atoms with Gasteiger partial charge in [0.25, 0.3) is 0 Å². The van der Waals surface area contributed by atoms with Crippen LogP contribution in [0.3, 0.4) is 0 Å². The van der Waals surface area contributed by atoms with Gasteiger partial charge in [-0.25, -0.2) is 8.78 Å². The number of anilines is 1. The fourth-order valence-corrected chi connectivity index (χ4v) is 2.65. The van der Waals surface area contributed by atoms with E-state index in [1.807, 2.05) is 0 Å². The van der Waals surface area contributed by atoms with Crippen LogP contribution < -0.4 is 10.6 Å². The minimum absolute atomic E-state index is 0.346. The van der Waals surface area contributed by atoms with Gasteiger partial charge in [-0.1, -0.05) is 0 Å². The molecule has 1 unspecified atom stereocenters. The molecule has 0 bridgehead atoms. The lowest BCUT2D eigenvalue weighted by Crippen LogP contribution is -2.38. The number of aromatic nitrogens is 3. The van der Waals surface area contributed by atoms with Crippen molar-refractivity contribution in [1.29, 1.82) is 0 Å². The van der Waals surface area contributed by atoms with Gasteiger partial charge in [-0.3, -0.25) is 5.10 Å². The van der Waals surface area contributed by atoms with E-state index < -0.39 is 11.6 Å². The fraction of sp³-hybridized carbons (Fsp3) is 0.429. The van der Waals surface area contributed by atoms with Gasteiger partial charge in [0.05, 0.1) is 0 Å². The first-order chi connectivity index (χ1) is 10.2. The monoisotopic (exact) mass is 293 g/mol. The van der Waals surface area contributed by atoms with E-state index in [4.69, 9.17) is 5.73 Å². The van der Waals surface area contributed by atoms with Crippen LogP contribution in [-0.2, 0) is 0 Å². The number of hydrogen-bond donors (Lipinski definition) is 2. The molecule has 5 nitrogen and oxygen atoms in total. The summed E-state index contributed by atoms with van der Waals surface area (Å²) in [7, 11) is 0. The molecule has 1 fully saturated rings. The molecule has 1 aliphatic heterocycles. The van der Waals surface area contributed by atoms with Gasteiger partial charge in [-0.2, -0.15) is 4.98 Å². The zero-order valence-corrected chi connectivity index (χ0v) is 11.5. The van der Waals surface area contributed by atoms with Crippen molar-refractivity contribution in [3.05, 3.63) is 29.8 Å². The van der Waals surface area contributed by atoms with E-state index in [2.05, 4.69) is 20.1 Å². The van der Waals surface area contributed by atoms with E-state index in [-0.39, 0.29) is 0 Å². The number of piperidine rings is 1. The van der Waals surface area contributed by atoms with Crippen LogP contribution in [0.4, 0.5) is 14.7 Å². The van der Waals surface area contributed by atoms with Crippen molar-refractivity contribution in [3.63, 3.8) is 0 Å². The molecule has 7 heteroatoms. The first-order valence-corrected chi connectivity index (χ1v) is 6.99. The Balaban J connectivity index is 1.82. The molecule has 3 rings (SSSR count). The van der Waals surface area contributed by atoms with Crippen LogP contribution in [0.1, 0.15) is 12.8 Å². The molecule has 2 heterocycles. The molecule has 1 saturated heterocycles. The average molecular weight is 293 g/mol. The van der Waals surface area contributed by atoms with Crippen LogP contribution in [0.5, 0.6) is 0 Å². The molecule has 0 amide bonds. The molecule has 1 aromatic carbocycles. The summed E-state index contributed by atoms with van der Waals surface area (Å²) in [6.07, 6.45) is 2.15. The molecule has 112 valence electrons. The van der Waals surface area contributed by atoms with Crippen LogP contribution in [0.15, 0.2) is 18.2 Å². The number of benzene rings is 1. The lowest BCUT2D eigenvalue weighted by Gasteiger charge is -2.31. The molecule has 0 radical (unpaired) electrons. The average Bonchev–Trinajstić information content (AvgIpc) is 2.96. The van der Waals surface area contributed by atoms with Gasteiger partial charge in [-0.15, -0.1) is 5.10 Å². The third kappa shape index (κ3) is 3.02. The Morgan fingerprint density at radius 3 is 2.76 bits per heavy atom. The maximum atomic E-state index is 13.2. The largest absolute Gasteiger partial charge is 0.339 e. The molecule has 2 aromatic rings. The number of H-pyrrole nitrogens is 1. The number of rotatable bonds is 3. The Bertz CT molecular complexity index is 607. The van der Waals surface area contributed by atoms with Gasteiger partial charge in [0.2, 0.25) is 5.95 Å². The number of aromatic amines is 1. The summed E-state index contributed by atoms with van der Waals surface area (Å²) < 4.78 is 26.5. The summed E-state index contributed by atoms with van der Waals surface area (Å²) in [4.78, 5) is 6.39. The molecule has 21 heavy (non-hydrogen) atoms.